The first-order valence-corrected chi connectivity index (χ1v) is 9.10. The molecule has 1 unspecified atom stereocenters. The number of likely N-dealkylation sites (tertiary alicyclic amines) is 1. The summed E-state index contributed by atoms with van der Waals surface area (Å²) in [6, 6.07) is 6.51. The molecule has 6 heteroatoms. The lowest BCUT2D eigenvalue weighted by molar-refractivity contribution is -0.128. The molecule has 1 aromatic heterocycles. The molecule has 2 aromatic rings. The number of rotatable bonds is 6. The molecule has 1 saturated carbocycles. The van der Waals surface area contributed by atoms with Gasteiger partial charge < -0.3 is 15.2 Å². The van der Waals surface area contributed by atoms with E-state index in [1.54, 1.807) is 0 Å². The number of imidazole rings is 1. The van der Waals surface area contributed by atoms with Crippen molar-refractivity contribution in [2.24, 2.45) is 5.92 Å². The normalized spacial score (nSPS) is 20.4. The number of fused-ring (bicyclic) bond motifs is 1. The van der Waals surface area contributed by atoms with Crippen LogP contribution in [0.15, 0.2) is 18.2 Å². The lowest BCUT2D eigenvalue weighted by Gasteiger charge is -2.15. The topological polar surface area (TPSA) is 78.1 Å². The van der Waals surface area contributed by atoms with Gasteiger partial charge in [-0.15, -0.1) is 0 Å². The number of benzene rings is 1. The molecule has 0 bridgehead atoms. The number of hydrogen-bond donors (Lipinski definition) is 2. The number of aryl methyl sites for hydroxylation is 2. The van der Waals surface area contributed by atoms with Crippen molar-refractivity contribution in [1.82, 2.24) is 20.2 Å². The van der Waals surface area contributed by atoms with Gasteiger partial charge in [-0.25, -0.2) is 4.98 Å². The standard InChI is InChI=1S/C19H24N4O2/c1-12-3-2-4-15-19(12)22-16(21-15)7-8-17(24)20-10-13-9-18(25)23(11-13)14-5-6-14/h2-4,13-14H,5-11H2,1H3,(H,20,24)(H,21,22). The van der Waals surface area contributed by atoms with Crippen LogP contribution in [0.1, 0.15) is 37.1 Å². The predicted molar refractivity (Wildman–Crippen MR) is 95.0 cm³/mol. The van der Waals surface area contributed by atoms with Gasteiger partial charge in [-0.1, -0.05) is 12.1 Å². The second-order valence-electron chi connectivity index (χ2n) is 7.31. The summed E-state index contributed by atoms with van der Waals surface area (Å²) in [5.74, 6) is 1.37. The van der Waals surface area contributed by atoms with Crippen LogP contribution in [0.2, 0.25) is 0 Å². The van der Waals surface area contributed by atoms with Crippen molar-refractivity contribution in [1.29, 1.82) is 0 Å². The first-order valence-electron chi connectivity index (χ1n) is 9.10. The van der Waals surface area contributed by atoms with E-state index in [9.17, 15) is 9.59 Å². The van der Waals surface area contributed by atoms with E-state index in [0.717, 1.165) is 41.8 Å². The first-order chi connectivity index (χ1) is 12.1. The summed E-state index contributed by atoms with van der Waals surface area (Å²) in [5.41, 5.74) is 3.12. The second kappa shape index (κ2) is 6.50. The number of H-pyrrole nitrogens is 1. The summed E-state index contributed by atoms with van der Waals surface area (Å²) in [5, 5.41) is 2.98. The average Bonchev–Trinajstić information content (AvgIpc) is 3.23. The Morgan fingerprint density at radius 3 is 3.00 bits per heavy atom. The molecule has 4 rings (SSSR count). The minimum absolute atomic E-state index is 0.0227. The number of hydrogen-bond acceptors (Lipinski definition) is 3. The molecule has 132 valence electrons. The highest BCUT2D eigenvalue weighted by molar-refractivity contribution is 5.80. The van der Waals surface area contributed by atoms with Gasteiger partial charge in [-0.2, -0.15) is 0 Å². The fraction of sp³-hybridized carbons (Fsp3) is 0.526. The van der Waals surface area contributed by atoms with Crippen molar-refractivity contribution >= 4 is 22.8 Å². The number of nitrogens with one attached hydrogen (secondary N) is 2. The van der Waals surface area contributed by atoms with Gasteiger partial charge in [-0.05, 0) is 31.4 Å². The first kappa shape index (κ1) is 16.1. The van der Waals surface area contributed by atoms with E-state index in [4.69, 9.17) is 0 Å². The predicted octanol–water partition coefficient (Wildman–Crippen LogP) is 1.93. The quantitative estimate of drug-likeness (QED) is 0.843. The van der Waals surface area contributed by atoms with Crippen LogP contribution < -0.4 is 5.32 Å². The van der Waals surface area contributed by atoms with Gasteiger partial charge in [0.25, 0.3) is 0 Å². The molecule has 0 spiro atoms. The van der Waals surface area contributed by atoms with Crippen molar-refractivity contribution in [3.63, 3.8) is 0 Å². The van der Waals surface area contributed by atoms with Gasteiger partial charge in [0, 0.05) is 44.3 Å². The van der Waals surface area contributed by atoms with Crippen molar-refractivity contribution in [2.75, 3.05) is 13.1 Å². The zero-order valence-electron chi connectivity index (χ0n) is 14.5. The van der Waals surface area contributed by atoms with Crippen LogP contribution in [0, 0.1) is 12.8 Å². The Hall–Kier alpha value is -2.37. The molecule has 1 aliphatic heterocycles. The summed E-state index contributed by atoms with van der Waals surface area (Å²) in [7, 11) is 0. The van der Waals surface area contributed by atoms with Gasteiger partial charge in [-0.3, -0.25) is 9.59 Å². The molecule has 1 aliphatic carbocycles. The SMILES string of the molecule is Cc1cccc2[nH]c(CCC(=O)NCC3CC(=O)N(C4CC4)C3)nc12. The third-order valence-electron chi connectivity index (χ3n) is 5.17. The molecule has 1 aromatic carbocycles. The van der Waals surface area contributed by atoms with Crippen molar-refractivity contribution in [2.45, 2.75) is 45.1 Å². The van der Waals surface area contributed by atoms with E-state index >= 15 is 0 Å². The molecule has 0 radical (unpaired) electrons. The molecule has 2 N–H and O–H groups in total. The lowest BCUT2D eigenvalue weighted by atomic mass is 10.1. The van der Waals surface area contributed by atoms with E-state index in [1.807, 2.05) is 30.0 Å². The summed E-state index contributed by atoms with van der Waals surface area (Å²) in [6.07, 6.45) is 3.85. The molecule has 2 fully saturated rings. The van der Waals surface area contributed by atoms with Crippen LogP contribution >= 0.6 is 0 Å². The van der Waals surface area contributed by atoms with Gasteiger partial charge in [0.15, 0.2) is 0 Å². The molecule has 25 heavy (non-hydrogen) atoms. The third kappa shape index (κ3) is 3.52. The van der Waals surface area contributed by atoms with Gasteiger partial charge >= 0.3 is 0 Å². The summed E-state index contributed by atoms with van der Waals surface area (Å²) in [4.78, 5) is 33.9. The number of aromatic nitrogens is 2. The van der Waals surface area contributed by atoms with Crippen molar-refractivity contribution in [3.05, 3.63) is 29.6 Å². The Morgan fingerprint density at radius 1 is 1.40 bits per heavy atom. The molecule has 2 aliphatic rings. The van der Waals surface area contributed by atoms with E-state index in [1.165, 1.54) is 0 Å². The maximum absolute atomic E-state index is 12.1. The third-order valence-corrected chi connectivity index (χ3v) is 5.17. The molecule has 2 amide bonds. The van der Waals surface area contributed by atoms with Gasteiger partial charge in [0.1, 0.15) is 5.82 Å². The van der Waals surface area contributed by atoms with Crippen LogP contribution in [-0.4, -0.2) is 45.8 Å². The largest absolute Gasteiger partial charge is 0.356 e. The molecular weight excluding hydrogens is 316 g/mol. The smallest absolute Gasteiger partial charge is 0.223 e. The number of aromatic amines is 1. The van der Waals surface area contributed by atoms with Crippen molar-refractivity contribution < 1.29 is 9.59 Å². The second-order valence-corrected chi connectivity index (χ2v) is 7.31. The van der Waals surface area contributed by atoms with Crippen LogP contribution in [0.4, 0.5) is 0 Å². The highest BCUT2D eigenvalue weighted by Gasteiger charge is 2.39. The minimum Gasteiger partial charge on any atom is -0.356 e. The molecule has 2 heterocycles. The van der Waals surface area contributed by atoms with Crippen LogP contribution in [-0.2, 0) is 16.0 Å². The molecular formula is C19H24N4O2. The number of para-hydroxylation sites is 1. The maximum Gasteiger partial charge on any atom is 0.223 e. The number of carbonyl (C=O) groups is 2. The van der Waals surface area contributed by atoms with Crippen molar-refractivity contribution in [3.8, 4) is 0 Å². The Labute approximate surface area is 147 Å². The Bertz CT molecular complexity index is 809. The lowest BCUT2D eigenvalue weighted by Crippen LogP contribution is -2.32. The zero-order valence-corrected chi connectivity index (χ0v) is 14.5. The molecule has 1 atom stereocenters. The maximum atomic E-state index is 12.1. The van der Waals surface area contributed by atoms with Crippen LogP contribution in [0.5, 0.6) is 0 Å². The number of amides is 2. The van der Waals surface area contributed by atoms with Crippen LogP contribution in [0.3, 0.4) is 0 Å². The summed E-state index contributed by atoms with van der Waals surface area (Å²) >= 11 is 0. The number of carbonyl (C=O) groups excluding carboxylic acids is 2. The summed E-state index contributed by atoms with van der Waals surface area (Å²) < 4.78 is 0. The van der Waals surface area contributed by atoms with E-state index in [-0.39, 0.29) is 17.7 Å². The highest BCUT2D eigenvalue weighted by atomic mass is 16.2. The minimum atomic E-state index is 0.0227. The number of nitrogens with zero attached hydrogens (tertiary/aromatic N) is 2. The monoisotopic (exact) mass is 340 g/mol. The molecule has 6 nitrogen and oxygen atoms in total. The van der Waals surface area contributed by atoms with Gasteiger partial charge in [0.05, 0.1) is 11.0 Å². The highest BCUT2D eigenvalue weighted by Crippen LogP contribution is 2.32. The Balaban J connectivity index is 1.25. The van der Waals surface area contributed by atoms with E-state index in [2.05, 4.69) is 15.3 Å². The zero-order chi connectivity index (χ0) is 17.4. The van der Waals surface area contributed by atoms with Gasteiger partial charge in [0.2, 0.25) is 11.8 Å². The summed E-state index contributed by atoms with van der Waals surface area (Å²) in [6.45, 7) is 3.42. The van der Waals surface area contributed by atoms with E-state index < -0.39 is 0 Å². The average molecular weight is 340 g/mol. The van der Waals surface area contributed by atoms with E-state index in [0.29, 0.717) is 31.8 Å². The Kier molecular flexibility index (Phi) is 4.19. The van der Waals surface area contributed by atoms with Crippen LogP contribution in [0.25, 0.3) is 11.0 Å². The fourth-order valence-corrected chi connectivity index (χ4v) is 3.61. The fourth-order valence-electron chi connectivity index (χ4n) is 3.61. The molecule has 1 saturated heterocycles. The Morgan fingerprint density at radius 2 is 2.24 bits per heavy atom.